The molecule has 100 valence electrons. The van der Waals surface area contributed by atoms with E-state index >= 15 is 0 Å². The van der Waals surface area contributed by atoms with E-state index in [1.807, 2.05) is 13.8 Å². The fourth-order valence-electron chi connectivity index (χ4n) is 1.39. The molecule has 0 aromatic rings. The summed E-state index contributed by atoms with van der Waals surface area (Å²) in [5.41, 5.74) is -0.372. The van der Waals surface area contributed by atoms with Crippen LogP contribution in [0.1, 0.15) is 33.1 Å². The molecule has 0 bridgehead atoms. The van der Waals surface area contributed by atoms with Gasteiger partial charge in [-0.1, -0.05) is 20.3 Å². The SMILES string of the molecule is CCCC(C)(CO)COC(=S)C(O)CC(=O)S. The monoisotopic (exact) mass is 280 g/mol. The Balaban J connectivity index is 4.17. The third-order valence-corrected chi connectivity index (χ3v) is 3.01. The highest BCUT2D eigenvalue weighted by Crippen LogP contribution is 2.23. The molecule has 0 rings (SSSR count). The molecule has 0 aliphatic heterocycles. The number of ether oxygens (including phenoxy) is 1. The van der Waals surface area contributed by atoms with Gasteiger partial charge in [0.05, 0.1) is 19.6 Å². The van der Waals surface area contributed by atoms with E-state index in [1.165, 1.54) is 0 Å². The van der Waals surface area contributed by atoms with Crippen LogP contribution in [0.15, 0.2) is 0 Å². The molecule has 2 unspecified atom stereocenters. The minimum absolute atomic E-state index is 0.00888. The molecule has 17 heavy (non-hydrogen) atoms. The molecule has 0 aromatic heterocycles. The number of thiol groups is 1. The molecule has 0 amide bonds. The van der Waals surface area contributed by atoms with E-state index in [9.17, 15) is 15.0 Å². The summed E-state index contributed by atoms with van der Waals surface area (Å²) in [6.45, 7) is 4.12. The molecule has 2 N–H and O–H groups in total. The van der Waals surface area contributed by atoms with Gasteiger partial charge in [0.15, 0.2) is 10.2 Å². The van der Waals surface area contributed by atoms with Crippen LogP contribution >= 0.6 is 24.8 Å². The maximum absolute atomic E-state index is 10.7. The van der Waals surface area contributed by atoms with Gasteiger partial charge in [0, 0.05) is 5.41 Å². The van der Waals surface area contributed by atoms with Crippen molar-refractivity contribution in [1.29, 1.82) is 0 Å². The molecular formula is C11H20O4S2. The van der Waals surface area contributed by atoms with Crippen LogP contribution in [0.3, 0.4) is 0 Å². The average molecular weight is 280 g/mol. The van der Waals surface area contributed by atoms with Gasteiger partial charge in [-0.2, -0.15) is 0 Å². The molecule has 0 aliphatic carbocycles. The molecule has 0 saturated carbocycles. The van der Waals surface area contributed by atoms with Crippen molar-refractivity contribution in [3.05, 3.63) is 0 Å². The number of hydrogen-bond acceptors (Lipinski definition) is 5. The van der Waals surface area contributed by atoms with Crippen LogP contribution in [0.5, 0.6) is 0 Å². The maximum atomic E-state index is 10.7. The van der Waals surface area contributed by atoms with E-state index in [2.05, 4.69) is 12.6 Å². The lowest BCUT2D eigenvalue weighted by molar-refractivity contribution is -0.112. The second-order valence-corrected chi connectivity index (χ2v) is 5.34. The lowest BCUT2D eigenvalue weighted by Gasteiger charge is -2.27. The third kappa shape index (κ3) is 6.98. The summed E-state index contributed by atoms with van der Waals surface area (Å²) in [5, 5.41) is 18.3. The molecule has 0 radical (unpaired) electrons. The van der Waals surface area contributed by atoms with Crippen LogP contribution in [-0.4, -0.2) is 39.7 Å². The Morgan fingerprint density at radius 3 is 2.59 bits per heavy atom. The van der Waals surface area contributed by atoms with E-state index in [0.29, 0.717) is 0 Å². The summed E-state index contributed by atoms with van der Waals surface area (Å²) >= 11 is 8.41. The first-order valence-corrected chi connectivity index (χ1v) is 6.37. The molecule has 0 spiro atoms. The highest BCUT2D eigenvalue weighted by molar-refractivity contribution is 7.96. The largest absolute Gasteiger partial charge is 0.484 e. The number of aliphatic hydroxyl groups excluding tert-OH is 2. The fraction of sp³-hybridized carbons (Fsp3) is 0.818. The van der Waals surface area contributed by atoms with Gasteiger partial charge < -0.3 is 14.9 Å². The van der Waals surface area contributed by atoms with Crippen LogP contribution in [0.2, 0.25) is 0 Å². The number of hydrogen-bond donors (Lipinski definition) is 3. The predicted molar refractivity (Wildman–Crippen MR) is 73.3 cm³/mol. The van der Waals surface area contributed by atoms with Gasteiger partial charge in [-0.05, 0) is 18.6 Å². The zero-order chi connectivity index (χ0) is 13.5. The van der Waals surface area contributed by atoms with Crippen LogP contribution < -0.4 is 0 Å². The normalized spacial score (nSPS) is 16.1. The van der Waals surface area contributed by atoms with E-state index in [1.54, 1.807) is 0 Å². The summed E-state index contributed by atoms with van der Waals surface area (Å²) < 4.78 is 5.25. The van der Waals surface area contributed by atoms with Crippen molar-refractivity contribution < 1.29 is 19.7 Å². The van der Waals surface area contributed by atoms with Crippen molar-refractivity contribution in [2.75, 3.05) is 13.2 Å². The molecule has 0 fully saturated rings. The number of aliphatic hydroxyl groups is 2. The molecule has 2 atom stereocenters. The first-order chi connectivity index (χ1) is 7.84. The van der Waals surface area contributed by atoms with Gasteiger partial charge in [0.2, 0.25) is 0 Å². The van der Waals surface area contributed by atoms with E-state index in [4.69, 9.17) is 17.0 Å². The molecule has 6 heteroatoms. The first kappa shape index (κ1) is 16.8. The number of thiocarbonyl (C=S) groups is 1. The third-order valence-electron chi connectivity index (χ3n) is 2.44. The van der Waals surface area contributed by atoms with E-state index in [-0.39, 0.29) is 30.1 Å². The molecule has 0 saturated heterocycles. The van der Waals surface area contributed by atoms with Crippen LogP contribution in [0, 0.1) is 5.41 Å². The lowest BCUT2D eigenvalue weighted by atomic mass is 9.88. The second-order valence-electron chi connectivity index (χ2n) is 4.44. The zero-order valence-electron chi connectivity index (χ0n) is 10.2. The quantitative estimate of drug-likeness (QED) is 0.462. The topological polar surface area (TPSA) is 66.8 Å². The van der Waals surface area contributed by atoms with Gasteiger partial charge in [0.25, 0.3) is 0 Å². The fourth-order valence-corrected chi connectivity index (χ4v) is 1.71. The van der Waals surface area contributed by atoms with Crippen molar-refractivity contribution >= 4 is 35.0 Å². The van der Waals surface area contributed by atoms with Crippen LogP contribution in [0.25, 0.3) is 0 Å². The highest BCUT2D eigenvalue weighted by Gasteiger charge is 2.25. The van der Waals surface area contributed by atoms with Crippen molar-refractivity contribution in [3.8, 4) is 0 Å². The van der Waals surface area contributed by atoms with Crippen molar-refractivity contribution in [2.24, 2.45) is 5.41 Å². The molecular weight excluding hydrogens is 260 g/mol. The van der Waals surface area contributed by atoms with Gasteiger partial charge in [-0.25, -0.2) is 0 Å². The van der Waals surface area contributed by atoms with Crippen molar-refractivity contribution in [3.63, 3.8) is 0 Å². The molecule has 0 aliphatic rings. The van der Waals surface area contributed by atoms with Crippen LogP contribution in [-0.2, 0) is 9.53 Å². The summed E-state index contributed by atoms with van der Waals surface area (Å²) in [5.74, 6) is 0. The second kappa shape index (κ2) is 8.02. The van der Waals surface area contributed by atoms with Gasteiger partial charge in [-0.15, -0.1) is 12.6 Å². The minimum atomic E-state index is -1.11. The number of carbonyl (C=O) groups is 1. The lowest BCUT2D eigenvalue weighted by Crippen LogP contribution is -2.32. The Labute approximate surface area is 113 Å². The molecule has 4 nitrogen and oxygen atoms in total. The Kier molecular flexibility index (Phi) is 7.94. The first-order valence-electron chi connectivity index (χ1n) is 5.52. The maximum Gasteiger partial charge on any atom is 0.189 e. The minimum Gasteiger partial charge on any atom is -0.484 e. The van der Waals surface area contributed by atoms with Gasteiger partial charge >= 0.3 is 0 Å². The van der Waals surface area contributed by atoms with E-state index in [0.717, 1.165) is 12.8 Å². The van der Waals surface area contributed by atoms with Gasteiger partial charge in [0.1, 0.15) is 6.10 Å². The summed E-state index contributed by atoms with van der Waals surface area (Å²) in [6.07, 6.45) is 0.448. The summed E-state index contributed by atoms with van der Waals surface area (Å²) in [7, 11) is 0. The Morgan fingerprint density at radius 2 is 2.18 bits per heavy atom. The Hall–Kier alpha value is -0.170. The standard InChI is InChI=1S/C11H20O4S2/c1-3-4-11(2,6-12)7-15-10(17)8(13)5-9(14)16/h8,12-13H,3-7H2,1-2H3,(H,14,16). The molecule has 0 aromatic carbocycles. The Morgan fingerprint density at radius 1 is 1.59 bits per heavy atom. The van der Waals surface area contributed by atoms with Gasteiger partial charge in [-0.3, -0.25) is 4.79 Å². The predicted octanol–water partition coefficient (Wildman–Crippen LogP) is 1.34. The number of carbonyl (C=O) groups excluding carboxylic acids is 1. The average Bonchev–Trinajstić information content (AvgIpc) is 2.25. The molecule has 0 heterocycles. The summed E-state index contributed by atoms with van der Waals surface area (Å²) in [4.78, 5) is 10.7. The van der Waals surface area contributed by atoms with E-state index < -0.39 is 11.2 Å². The smallest absolute Gasteiger partial charge is 0.189 e. The highest BCUT2D eigenvalue weighted by atomic mass is 32.1. The van der Waals surface area contributed by atoms with Crippen molar-refractivity contribution in [1.82, 2.24) is 0 Å². The number of rotatable bonds is 8. The van der Waals surface area contributed by atoms with Crippen molar-refractivity contribution in [2.45, 2.75) is 39.2 Å². The summed E-state index contributed by atoms with van der Waals surface area (Å²) in [6, 6.07) is 0. The Bertz CT molecular complexity index is 270. The van der Waals surface area contributed by atoms with Crippen LogP contribution in [0.4, 0.5) is 0 Å². The zero-order valence-corrected chi connectivity index (χ0v) is 11.9.